The number of hydrogen-bond acceptors (Lipinski definition) is 6. The molecule has 0 saturated carbocycles. The van der Waals surface area contributed by atoms with Gasteiger partial charge in [0.05, 0.1) is 38.7 Å². The van der Waals surface area contributed by atoms with E-state index in [1.807, 2.05) is 0 Å². The van der Waals surface area contributed by atoms with E-state index in [-0.39, 0.29) is 18.1 Å². The van der Waals surface area contributed by atoms with Crippen molar-refractivity contribution >= 4 is 5.97 Å². The molecule has 1 fully saturated rings. The first-order chi connectivity index (χ1) is 17.9. The molecule has 0 N–H and O–H groups in total. The van der Waals surface area contributed by atoms with E-state index in [0.717, 1.165) is 0 Å². The maximum atomic E-state index is 14.9. The van der Waals surface area contributed by atoms with Gasteiger partial charge in [-0.3, -0.25) is 0 Å². The third-order valence-corrected chi connectivity index (χ3v) is 5.16. The number of hydrogen-bond donors (Lipinski definition) is 0. The Balaban J connectivity index is 3.51. The molecule has 21 heteroatoms. The van der Waals surface area contributed by atoms with Crippen LogP contribution in [-0.4, -0.2) is 112 Å². The van der Waals surface area contributed by atoms with Gasteiger partial charge in [0.1, 0.15) is 6.61 Å². The van der Waals surface area contributed by atoms with Gasteiger partial charge in [0.15, 0.2) is 0 Å². The van der Waals surface area contributed by atoms with Crippen molar-refractivity contribution in [3.05, 3.63) is 11.8 Å². The van der Waals surface area contributed by atoms with Crippen molar-refractivity contribution in [3.8, 4) is 0 Å². The molecule has 0 bridgehead atoms. The predicted octanol–water partition coefficient (Wildman–Crippen LogP) is 4.78. The zero-order chi connectivity index (χ0) is 31.4. The zero-order valence-electron chi connectivity index (χ0n) is 19.9. The van der Waals surface area contributed by atoms with Crippen molar-refractivity contribution in [3.63, 3.8) is 0 Å². The fourth-order valence-corrected chi connectivity index (χ4v) is 2.91. The third-order valence-electron chi connectivity index (χ3n) is 5.16. The van der Waals surface area contributed by atoms with Crippen molar-refractivity contribution in [1.82, 2.24) is 4.90 Å². The second kappa shape index (κ2) is 12.4. The largest absolute Gasteiger partial charge is 0.460 e. The van der Waals surface area contributed by atoms with Crippen LogP contribution in [0.25, 0.3) is 0 Å². The molecular formula is C19H20F15NO5. The third kappa shape index (κ3) is 6.50. The standard InChI is InChI=1S/C19H20F15NO5/c1-37-6-7-39-8-9-40-12(36)10-11(35-2-4-38-5-3-35)13(20,21)14(22,23)15(24,25)16(26,27)17(28,29)18(30,31)19(32,33)34/h10H,2-9H2,1H3/b11-10-. The van der Waals surface area contributed by atoms with Gasteiger partial charge in [-0.1, -0.05) is 0 Å². The maximum Gasteiger partial charge on any atom is 0.460 e. The summed E-state index contributed by atoms with van der Waals surface area (Å²) in [6, 6.07) is 0. The van der Waals surface area contributed by atoms with Gasteiger partial charge in [-0.05, 0) is 0 Å². The predicted molar refractivity (Wildman–Crippen MR) is 99.9 cm³/mol. The molecule has 0 spiro atoms. The van der Waals surface area contributed by atoms with Crippen molar-refractivity contribution < 1.29 is 89.6 Å². The van der Waals surface area contributed by atoms with Crippen molar-refractivity contribution in [2.24, 2.45) is 0 Å². The van der Waals surface area contributed by atoms with Gasteiger partial charge >= 0.3 is 47.7 Å². The molecule has 0 radical (unpaired) electrons. The van der Waals surface area contributed by atoms with E-state index >= 15 is 0 Å². The minimum atomic E-state index is -8.44. The number of nitrogens with zero attached hydrogens (tertiary/aromatic N) is 1. The van der Waals surface area contributed by atoms with Crippen LogP contribution in [0, 0.1) is 0 Å². The van der Waals surface area contributed by atoms with Crippen LogP contribution in [-0.2, 0) is 23.7 Å². The first kappa shape index (κ1) is 35.9. The van der Waals surface area contributed by atoms with Gasteiger partial charge < -0.3 is 23.8 Å². The van der Waals surface area contributed by atoms with Crippen molar-refractivity contribution in [2.75, 3.05) is 59.8 Å². The highest BCUT2D eigenvalue weighted by Crippen LogP contribution is 2.63. The molecule has 0 aromatic heterocycles. The summed E-state index contributed by atoms with van der Waals surface area (Å²) in [6.07, 6.45) is -8.30. The monoisotopic (exact) mass is 627 g/mol. The summed E-state index contributed by atoms with van der Waals surface area (Å²) in [4.78, 5) is 11.9. The molecule has 0 unspecified atom stereocenters. The molecular weight excluding hydrogens is 607 g/mol. The number of carbonyl (C=O) groups is 1. The summed E-state index contributed by atoms with van der Waals surface area (Å²) in [5.74, 6) is -49.8. The van der Waals surface area contributed by atoms with Crippen LogP contribution in [0.2, 0.25) is 0 Å². The van der Waals surface area contributed by atoms with Crippen LogP contribution in [0.1, 0.15) is 0 Å². The second-order valence-electron chi connectivity index (χ2n) is 7.85. The van der Waals surface area contributed by atoms with E-state index in [0.29, 0.717) is 0 Å². The molecule has 1 rings (SSSR count). The van der Waals surface area contributed by atoms with Crippen molar-refractivity contribution in [1.29, 1.82) is 0 Å². The Morgan fingerprint density at radius 1 is 0.700 bits per heavy atom. The topological polar surface area (TPSA) is 57.2 Å². The molecule has 236 valence electrons. The van der Waals surface area contributed by atoms with Crippen LogP contribution in [0.5, 0.6) is 0 Å². The van der Waals surface area contributed by atoms with Crippen LogP contribution in [0.3, 0.4) is 0 Å². The molecule has 0 aromatic carbocycles. The summed E-state index contributed by atoms with van der Waals surface area (Å²) in [6.45, 7) is -4.28. The Hall–Kier alpha value is -2.16. The Morgan fingerprint density at radius 3 is 1.62 bits per heavy atom. The summed E-state index contributed by atoms with van der Waals surface area (Å²) in [5, 5.41) is 0. The Morgan fingerprint density at radius 2 is 1.15 bits per heavy atom. The number of morpholine rings is 1. The lowest BCUT2D eigenvalue weighted by atomic mass is 9.89. The molecule has 1 saturated heterocycles. The molecule has 6 nitrogen and oxygen atoms in total. The SMILES string of the molecule is COCCOCCOC(=O)/C=C(\N1CCOCC1)C(F)(F)C(F)(F)C(F)(F)C(F)(F)C(F)(F)C(F)(F)C(F)(F)F. The molecule has 0 atom stereocenters. The summed E-state index contributed by atoms with van der Waals surface area (Å²) in [7, 11) is 1.28. The Bertz CT molecular complexity index is 886. The van der Waals surface area contributed by atoms with E-state index in [1.54, 1.807) is 0 Å². The quantitative estimate of drug-likeness (QED) is 0.120. The first-order valence-corrected chi connectivity index (χ1v) is 10.6. The zero-order valence-corrected chi connectivity index (χ0v) is 19.9. The smallest absolute Gasteiger partial charge is 0.460 e. The number of carbonyl (C=O) groups excluding carboxylic acids is 1. The number of methoxy groups -OCH3 is 1. The van der Waals surface area contributed by atoms with Crippen LogP contribution in [0.15, 0.2) is 11.8 Å². The molecule has 1 heterocycles. The molecule has 1 aliphatic heterocycles. The van der Waals surface area contributed by atoms with E-state index in [4.69, 9.17) is 9.47 Å². The van der Waals surface area contributed by atoms with Crippen LogP contribution in [0.4, 0.5) is 65.9 Å². The summed E-state index contributed by atoms with van der Waals surface area (Å²) < 4.78 is 223. The minimum Gasteiger partial charge on any atom is -0.460 e. The Labute approximate surface area is 214 Å². The van der Waals surface area contributed by atoms with Gasteiger partial charge in [0.2, 0.25) is 0 Å². The number of halogens is 15. The highest BCUT2D eigenvalue weighted by atomic mass is 19.4. The average Bonchev–Trinajstić information content (AvgIpc) is 2.83. The van der Waals surface area contributed by atoms with Crippen LogP contribution < -0.4 is 0 Å². The van der Waals surface area contributed by atoms with E-state index in [9.17, 15) is 70.7 Å². The lowest BCUT2D eigenvalue weighted by Crippen LogP contribution is -2.73. The fourth-order valence-electron chi connectivity index (χ4n) is 2.91. The maximum absolute atomic E-state index is 14.9. The van der Waals surface area contributed by atoms with Gasteiger partial charge in [0.25, 0.3) is 0 Å². The van der Waals surface area contributed by atoms with Crippen LogP contribution >= 0.6 is 0 Å². The van der Waals surface area contributed by atoms with E-state index < -0.39 is 99.0 Å². The lowest BCUT2D eigenvalue weighted by molar-refractivity contribution is -0.450. The molecule has 1 aliphatic rings. The number of allylic oxidation sites excluding steroid dienone is 1. The molecule has 0 aliphatic carbocycles. The van der Waals surface area contributed by atoms with Gasteiger partial charge in [-0.25, -0.2) is 4.79 Å². The van der Waals surface area contributed by atoms with Gasteiger partial charge in [0, 0.05) is 26.3 Å². The first-order valence-electron chi connectivity index (χ1n) is 10.6. The second-order valence-corrected chi connectivity index (χ2v) is 7.85. The molecule has 0 aromatic rings. The number of esters is 1. The Kier molecular flexibility index (Phi) is 11.1. The van der Waals surface area contributed by atoms with E-state index in [2.05, 4.69) is 9.47 Å². The number of rotatable bonds is 14. The summed E-state index contributed by atoms with van der Waals surface area (Å²) >= 11 is 0. The normalized spacial score (nSPS) is 17.3. The van der Waals surface area contributed by atoms with Crippen molar-refractivity contribution in [2.45, 2.75) is 41.7 Å². The molecule has 0 amide bonds. The summed E-state index contributed by atoms with van der Waals surface area (Å²) in [5.41, 5.74) is -2.53. The minimum absolute atomic E-state index is 0.00441. The average molecular weight is 627 g/mol. The van der Waals surface area contributed by atoms with E-state index in [1.165, 1.54) is 7.11 Å². The molecule has 40 heavy (non-hydrogen) atoms. The van der Waals surface area contributed by atoms with Gasteiger partial charge in [-0.15, -0.1) is 0 Å². The van der Waals surface area contributed by atoms with Gasteiger partial charge in [-0.2, -0.15) is 65.9 Å². The highest BCUT2D eigenvalue weighted by molar-refractivity contribution is 5.83. The number of ether oxygens (including phenoxy) is 4. The number of alkyl halides is 15. The highest BCUT2D eigenvalue weighted by Gasteiger charge is 2.93. The lowest BCUT2D eigenvalue weighted by Gasteiger charge is -2.43. The fraction of sp³-hybridized carbons (Fsp3) is 0.842.